The monoisotopic (exact) mass is 351 g/mol. The van der Waals surface area contributed by atoms with Gasteiger partial charge in [0.15, 0.2) is 17.3 Å². The molecule has 0 saturated carbocycles. The van der Waals surface area contributed by atoms with Crippen LogP contribution >= 0.6 is 0 Å². The molecule has 0 unspecified atom stereocenters. The fourth-order valence-electron chi connectivity index (χ4n) is 2.15. The lowest BCUT2D eigenvalue weighted by atomic mass is 10.1. The standard InChI is InChI=1S/C20H17NO5/c1-3-13-26-19-12-6-15(14-20(19)25-4-2)5-11-18(22)16-7-9-17(10-8-16)21(23)24/h1,5-12,14H,4,13H2,2H3/b11-5+. The highest BCUT2D eigenvalue weighted by Crippen LogP contribution is 2.29. The van der Waals surface area contributed by atoms with Crippen LogP contribution in [-0.4, -0.2) is 23.9 Å². The Kier molecular flexibility index (Phi) is 6.52. The number of carbonyl (C=O) groups excluding carboxylic acids is 1. The Morgan fingerprint density at radius 3 is 2.54 bits per heavy atom. The molecule has 0 spiro atoms. The molecule has 0 saturated heterocycles. The minimum absolute atomic E-state index is 0.0607. The van der Waals surface area contributed by atoms with E-state index < -0.39 is 4.92 Å². The van der Waals surface area contributed by atoms with Gasteiger partial charge in [-0.05, 0) is 42.8 Å². The van der Waals surface area contributed by atoms with Crippen molar-refractivity contribution in [3.63, 3.8) is 0 Å². The van der Waals surface area contributed by atoms with Crippen molar-refractivity contribution in [1.82, 2.24) is 0 Å². The van der Waals surface area contributed by atoms with E-state index in [-0.39, 0.29) is 18.1 Å². The average Bonchev–Trinajstić information content (AvgIpc) is 2.65. The highest BCUT2D eigenvalue weighted by Gasteiger charge is 2.08. The number of terminal acetylenes is 1. The number of ether oxygens (including phenoxy) is 2. The van der Waals surface area contributed by atoms with Crippen LogP contribution in [0.1, 0.15) is 22.8 Å². The summed E-state index contributed by atoms with van der Waals surface area (Å²) < 4.78 is 10.9. The van der Waals surface area contributed by atoms with E-state index in [0.717, 1.165) is 5.56 Å². The lowest BCUT2D eigenvalue weighted by molar-refractivity contribution is -0.384. The van der Waals surface area contributed by atoms with Gasteiger partial charge in [0.1, 0.15) is 6.61 Å². The molecule has 0 aliphatic carbocycles. The number of benzene rings is 2. The second-order valence-electron chi connectivity index (χ2n) is 5.13. The fraction of sp³-hybridized carbons (Fsp3) is 0.150. The number of carbonyl (C=O) groups is 1. The van der Waals surface area contributed by atoms with Crippen LogP contribution in [-0.2, 0) is 0 Å². The number of nitro groups is 1. The number of non-ortho nitro benzene ring substituents is 1. The summed E-state index contributed by atoms with van der Waals surface area (Å²) in [6.07, 6.45) is 8.22. The van der Waals surface area contributed by atoms with Gasteiger partial charge in [-0.1, -0.05) is 18.1 Å². The first-order valence-electron chi connectivity index (χ1n) is 7.85. The Hall–Kier alpha value is -3.59. The van der Waals surface area contributed by atoms with Crippen LogP contribution in [0.25, 0.3) is 6.08 Å². The minimum Gasteiger partial charge on any atom is -0.490 e. The molecule has 0 bridgehead atoms. The zero-order chi connectivity index (χ0) is 18.9. The molecular weight excluding hydrogens is 334 g/mol. The van der Waals surface area contributed by atoms with Gasteiger partial charge in [-0.25, -0.2) is 0 Å². The molecule has 2 rings (SSSR count). The number of hydrogen-bond acceptors (Lipinski definition) is 5. The molecule has 26 heavy (non-hydrogen) atoms. The van der Waals surface area contributed by atoms with Gasteiger partial charge in [0.2, 0.25) is 0 Å². The highest BCUT2D eigenvalue weighted by molar-refractivity contribution is 6.06. The quantitative estimate of drug-likeness (QED) is 0.237. The maximum atomic E-state index is 12.2. The molecule has 132 valence electrons. The molecule has 0 atom stereocenters. The second kappa shape index (κ2) is 9.04. The third kappa shape index (κ3) is 4.95. The molecule has 2 aromatic rings. The lowest BCUT2D eigenvalue weighted by Gasteiger charge is -2.10. The summed E-state index contributed by atoms with van der Waals surface area (Å²) in [7, 11) is 0. The van der Waals surface area contributed by atoms with Crippen LogP contribution in [0, 0.1) is 22.5 Å². The Labute approximate surface area is 151 Å². The third-order valence-corrected chi connectivity index (χ3v) is 3.37. The highest BCUT2D eigenvalue weighted by atomic mass is 16.6. The molecule has 6 nitrogen and oxygen atoms in total. The van der Waals surface area contributed by atoms with Crippen LogP contribution in [0.4, 0.5) is 5.69 Å². The smallest absolute Gasteiger partial charge is 0.269 e. The Balaban J connectivity index is 2.15. The summed E-state index contributed by atoms with van der Waals surface area (Å²) in [4.78, 5) is 22.3. The molecule has 2 aromatic carbocycles. The van der Waals surface area contributed by atoms with Crippen molar-refractivity contribution in [2.45, 2.75) is 6.92 Å². The SMILES string of the molecule is C#CCOc1ccc(/C=C/C(=O)c2ccc([N+](=O)[O-])cc2)cc1OCC. The molecule has 0 heterocycles. The Morgan fingerprint density at radius 2 is 1.92 bits per heavy atom. The molecule has 0 aliphatic heterocycles. The van der Waals surface area contributed by atoms with E-state index >= 15 is 0 Å². The van der Waals surface area contributed by atoms with Crippen molar-refractivity contribution in [2.24, 2.45) is 0 Å². The maximum absolute atomic E-state index is 12.2. The number of rotatable bonds is 8. The van der Waals surface area contributed by atoms with Crippen molar-refractivity contribution >= 4 is 17.5 Å². The van der Waals surface area contributed by atoms with Crippen LogP contribution in [0.15, 0.2) is 48.5 Å². The van der Waals surface area contributed by atoms with E-state index in [9.17, 15) is 14.9 Å². The first-order valence-corrected chi connectivity index (χ1v) is 7.85. The van der Waals surface area contributed by atoms with Crippen LogP contribution in [0.5, 0.6) is 11.5 Å². The summed E-state index contributed by atoms with van der Waals surface area (Å²) in [5, 5.41) is 10.6. The maximum Gasteiger partial charge on any atom is 0.269 e. The molecule has 0 N–H and O–H groups in total. The minimum atomic E-state index is -0.511. The number of hydrogen-bond donors (Lipinski definition) is 0. The lowest BCUT2D eigenvalue weighted by Crippen LogP contribution is -1.99. The summed E-state index contributed by atoms with van der Waals surface area (Å²) in [5.74, 6) is 3.20. The van der Waals surface area contributed by atoms with Crippen molar-refractivity contribution in [3.05, 3.63) is 69.8 Å². The Morgan fingerprint density at radius 1 is 1.19 bits per heavy atom. The van der Waals surface area contributed by atoms with Gasteiger partial charge in [0.05, 0.1) is 11.5 Å². The zero-order valence-corrected chi connectivity index (χ0v) is 14.2. The normalized spacial score (nSPS) is 10.3. The van der Waals surface area contributed by atoms with Crippen LogP contribution in [0.3, 0.4) is 0 Å². The van der Waals surface area contributed by atoms with Gasteiger partial charge in [0.25, 0.3) is 5.69 Å². The van der Waals surface area contributed by atoms with Gasteiger partial charge in [-0.2, -0.15) is 0 Å². The fourth-order valence-corrected chi connectivity index (χ4v) is 2.15. The third-order valence-electron chi connectivity index (χ3n) is 3.37. The summed E-state index contributed by atoms with van der Waals surface area (Å²) in [6, 6.07) is 10.7. The topological polar surface area (TPSA) is 78.7 Å². The van der Waals surface area contributed by atoms with Crippen molar-refractivity contribution in [1.29, 1.82) is 0 Å². The van der Waals surface area contributed by atoms with Gasteiger partial charge in [0, 0.05) is 17.7 Å². The second-order valence-corrected chi connectivity index (χ2v) is 5.13. The summed E-state index contributed by atoms with van der Waals surface area (Å²) in [5.41, 5.74) is 1.05. The molecular formula is C20H17NO5. The van der Waals surface area contributed by atoms with Gasteiger partial charge in [-0.3, -0.25) is 14.9 Å². The average molecular weight is 351 g/mol. The molecule has 0 aromatic heterocycles. The van der Waals surface area contributed by atoms with Crippen molar-refractivity contribution in [2.75, 3.05) is 13.2 Å². The van der Waals surface area contributed by atoms with Gasteiger partial charge < -0.3 is 9.47 Å². The Bertz CT molecular complexity index is 863. The predicted molar refractivity (Wildman–Crippen MR) is 98.4 cm³/mol. The van der Waals surface area contributed by atoms with Crippen LogP contribution < -0.4 is 9.47 Å². The molecule has 0 amide bonds. The van der Waals surface area contributed by atoms with Crippen molar-refractivity contribution < 1.29 is 19.2 Å². The molecule has 0 radical (unpaired) electrons. The van der Waals surface area contributed by atoms with E-state index in [1.54, 1.807) is 24.3 Å². The van der Waals surface area contributed by atoms with Crippen LogP contribution in [0.2, 0.25) is 0 Å². The zero-order valence-electron chi connectivity index (χ0n) is 14.2. The number of nitro benzene ring substituents is 1. The molecule has 0 fully saturated rings. The summed E-state index contributed by atoms with van der Waals surface area (Å²) >= 11 is 0. The molecule has 6 heteroatoms. The van der Waals surface area contributed by atoms with Crippen molar-refractivity contribution in [3.8, 4) is 23.8 Å². The van der Waals surface area contributed by atoms with Gasteiger partial charge in [-0.15, -0.1) is 6.42 Å². The van der Waals surface area contributed by atoms with E-state index in [1.807, 2.05) is 6.92 Å². The first-order chi connectivity index (χ1) is 12.5. The number of nitrogens with zero attached hydrogens (tertiary/aromatic N) is 1. The summed E-state index contributed by atoms with van der Waals surface area (Å²) in [6.45, 7) is 2.45. The van der Waals surface area contributed by atoms with E-state index in [2.05, 4.69) is 5.92 Å². The predicted octanol–water partition coefficient (Wildman–Crippen LogP) is 3.90. The number of allylic oxidation sites excluding steroid dienone is 1. The van der Waals surface area contributed by atoms with E-state index in [4.69, 9.17) is 15.9 Å². The van der Waals surface area contributed by atoms with Gasteiger partial charge >= 0.3 is 0 Å². The van der Waals surface area contributed by atoms with E-state index in [1.165, 1.54) is 30.3 Å². The van der Waals surface area contributed by atoms with E-state index in [0.29, 0.717) is 23.7 Å². The molecule has 0 aliphatic rings. The number of ketones is 1. The largest absolute Gasteiger partial charge is 0.490 e. The first kappa shape index (κ1) is 18.7.